The quantitative estimate of drug-likeness (QED) is 0.608. The molecule has 1 amide bonds. The monoisotopic (exact) mass is 392 g/mol. The van der Waals surface area contributed by atoms with E-state index >= 15 is 0 Å². The summed E-state index contributed by atoms with van der Waals surface area (Å²) in [6.45, 7) is 1.54. The summed E-state index contributed by atoms with van der Waals surface area (Å²) in [5, 5.41) is 2.82. The topological polar surface area (TPSA) is 68.3 Å². The van der Waals surface area contributed by atoms with E-state index in [4.69, 9.17) is 16.3 Å². The minimum atomic E-state index is -0.927. The largest absolute Gasteiger partial charge is 0.448 e. The first-order valence-corrected chi connectivity index (χ1v) is 9.98. The van der Waals surface area contributed by atoms with Crippen molar-refractivity contribution in [3.63, 3.8) is 0 Å². The Morgan fingerprint density at radius 2 is 2.04 bits per heavy atom. The number of aromatic nitrogens is 1. The molecule has 1 atom stereocenters. The normalized spacial score (nSPS) is 15.3. The van der Waals surface area contributed by atoms with Gasteiger partial charge >= 0.3 is 5.97 Å². The fourth-order valence-corrected chi connectivity index (χ4v) is 4.23. The number of esters is 1. The molecule has 3 rings (SSSR count). The predicted octanol–water partition coefficient (Wildman–Crippen LogP) is 4.64. The second kappa shape index (κ2) is 8.64. The summed E-state index contributed by atoms with van der Waals surface area (Å²) < 4.78 is 5.35. The zero-order chi connectivity index (χ0) is 18.5. The molecule has 0 spiro atoms. The van der Waals surface area contributed by atoms with Crippen molar-refractivity contribution in [3.05, 3.63) is 44.9 Å². The van der Waals surface area contributed by atoms with Gasteiger partial charge in [0.1, 0.15) is 4.88 Å². The number of halogens is 1. The molecule has 2 heterocycles. The van der Waals surface area contributed by atoms with Crippen LogP contribution >= 0.6 is 22.9 Å². The number of anilines is 1. The van der Waals surface area contributed by atoms with Crippen molar-refractivity contribution in [2.24, 2.45) is 0 Å². The number of ether oxygens (including phenoxy) is 1. The second-order valence-electron chi connectivity index (χ2n) is 6.35. The van der Waals surface area contributed by atoms with Crippen LogP contribution in [-0.2, 0) is 22.4 Å². The van der Waals surface area contributed by atoms with E-state index in [1.807, 2.05) is 6.07 Å². The van der Waals surface area contributed by atoms with E-state index in [1.54, 1.807) is 19.1 Å². The molecule has 2 aromatic rings. The van der Waals surface area contributed by atoms with Gasteiger partial charge in [-0.1, -0.05) is 24.4 Å². The highest BCUT2D eigenvalue weighted by molar-refractivity contribution is 7.14. The van der Waals surface area contributed by atoms with Crippen molar-refractivity contribution >= 4 is 40.5 Å². The average molecular weight is 393 g/mol. The molecule has 138 valence electrons. The lowest BCUT2D eigenvalue weighted by Gasteiger charge is -2.13. The van der Waals surface area contributed by atoms with Crippen molar-refractivity contribution in [2.75, 3.05) is 5.32 Å². The van der Waals surface area contributed by atoms with Crippen LogP contribution < -0.4 is 5.32 Å². The SMILES string of the molecule is C[C@@H](OC(=O)c1cc2c(s1)CCCCCC2)C(=O)Nc1cccnc1Cl. The van der Waals surface area contributed by atoms with Crippen LogP contribution in [0.1, 0.15) is 52.7 Å². The Morgan fingerprint density at radius 3 is 2.81 bits per heavy atom. The lowest BCUT2D eigenvalue weighted by molar-refractivity contribution is -0.123. The van der Waals surface area contributed by atoms with Crippen LogP contribution in [-0.4, -0.2) is 23.0 Å². The van der Waals surface area contributed by atoms with Gasteiger partial charge < -0.3 is 10.1 Å². The van der Waals surface area contributed by atoms with Gasteiger partial charge in [-0.25, -0.2) is 9.78 Å². The van der Waals surface area contributed by atoms with Gasteiger partial charge in [0, 0.05) is 11.1 Å². The number of thiophene rings is 1. The first-order valence-electron chi connectivity index (χ1n) is 8.78. The van der Waals surface area contributed by atoms with Crippen LogP contribution in [0.4, 0.5) is 5.69 Å². The van der Waals surface area contributed by atoms with Crippen LogP contribution in [0.25, 0.3) is 0 Å². The van der Waals surface area contributed by atoms with Gasteiger partial charge in [0.05, 0.1) is 5.69 Å². The maximum Gasteiger partial charge on any atom is 0.349 e. The summed E-state index contributed by atoms with van der Waals surface area (Å²) in [5.41, 5.74) is 1.64. The van der Waals surface area contributed by atoms with Gasteiger partial charge in [0.25, 0.3) is 5.91 Å². The molecule has 0 aliphatic heterocycles. The first-order chi connectivity index (χ1) is 12.5. The zero-order valence-corrected chi connectivity index (χ0v) is 16.2. The Labute approximate surface area is 161 Å². The fraction of sp³-hybridized carbons (Fsp3) is 0.421. The van der Waals surface area contributed by atoms with Gasteiger partial charge in [0.15, 0.2) is 11.3 Å². The molecular formula is C19H21ClN2O3S. The molecule has 0 bridgehead atoms. The highest BCUT2D eigenvalue weighted by Crippen LogP contribution is 2.29. The van der Waals surface area contributed by atoms with Crippen molar-refractivity contribution in [2.45, 2.75) is 51.6 Å². The minimum absolute atomic E-state index is 0.192. The average Bonchev–Trinajstić information content (AvgIpc) is 2.99. The Bertz CT molecular complexity index is 780. The number of hydrogen-bond donors (Lipinski definition) is 1. The van der Waals surface area contributed by atoms with Crippen LogP contribution in [0, 0.1) is 0 Å². The Hall–Kier alpha value is -1.92. The molecule has 1 aliphatic rings. The Kier molecular flexibility index (Phi) is 6.27. The highest BCUT2D eigenvalue weighted by Gasteiger charge is 2.22. The number of nitrogens with one attached hydrogen (secondary N) is 1. The number of amides is 1. The lowest BCUT2D eigenvalue weighted by atomic mass is 10.00. The number of fused-ring (bicyclic) bond motifs is 1. The highest BCUT2D eigenvalue weighted by atomic mass is 35.5. The third-order valence-electron chi connectivity index (χ3n) is 4.37. The van der Waals surface area contributed by atoms with E-state index in [-0.39, 0.29) is 5.15 Å². The van der Waals surface area contributed by atoms with E-state index in [1.165, 1.54) is 40.8 Å². The van der Waals surface area contributed by atoms with E-state index in [2.05, 4.69) is 10.3 Å². The van der Waals surface area contributed by atoms with E-state index < -0.39 is 18.0 Å². The summed E-state index contributed by atoms with van der Waals surface area (Å²) >= 11 is 7.42. The smallest absolute Gasteiger partial charge is 0.349 e. The van der Waals surface area contributed by atoms with Crippen molar-refractivity contribution in [3.8, 4) is 0 Å². The number of rotatable bonds is 4. The Balaban J connectivity index is 1.63. The van der Waals surface area contributed by atoms with Crippen molar-refractivity contribution in [1.29, 1.82) is 0 Å². The maximum absolute atomic E-state index is 12.4. The summed E-state index contributed by atoms with van der Waals surface area (Å²) in [4.78, 5) is 30.4. The fourth-order valence-electron chi connectivity index (χ4n) is 2.93. The Morgan fingerprint density at radius 1 is 1.27 bits per heavy atom. The summed E-state index contributed by atoms with van der Waals surface area (Å²) in [6, 6.07) is 5.23. The molecule has 0 aromatic carbocycles. The van der Waals surface area contributed by atoms with E-state index in [0.717, 1.165) is 25.7 Å². The molecule has 5 nitrogen and oxygen atoms in total. The molecule has 1 aliphatic carbocycles. The predicted molar refractivity (Wildman–Crippen MR) is 103 cm³/mol. The lowest BCUT2D eigenvalue weighted by Crippen LogP contribution is -2.30. The molecule has 0 saturated carbocycles. The molecule has 0 radical (unpaired) electrons. The molecule has 0 unspecified atom stereocenters. The summed E-state index contributed by atoms with van der Waals surface area (Å²) in [6.07, 6.45) is 7.43. The zero-order valence-electron chi connectivity index (χ0n) is 14.6. The van der Waals surface area contributed by atoms with Crippen molar-refractivity contribution in [1.82, 2.24) is 4.98 Å². The maximum atomic E-state index is 12.4. The third kappa shape index (κ3) is 4.62. The number of aryl methyl sites for hydroxylation is 2. The van der Waals surface area contributed by atoms with Gasteiger partial charge in [0.2, 0.25) is 0 Å². The van der Waals surface area contributed by atoms with E-state index in [0.29, 0.717) is 10.6 Å². The minimum Gasteiger partial charge on any atom is -0.448 e. The van der Waals surface area contributed by atoms with Crippen LogP contribution in [0.2, 0.25) is 5.15 Å². The van der Waals surface area contributed by atoms with E-state index in [9.17, 15) is 9.59 Å². The second-order valence-corrected chi connectivity index (χ2v) is 7.85. The molecule has 2 aromatic heterocycles. The van der Waals surface area contributed by atoms with Gasteiger partial charge in [-0.05, 0) is 56.4 Å². The molecule has 7 heteroatoms. The van der Waals surface area contributed by atoms with Crippen LogP contribution in [0.3, 0.4) is 0 Å². The number of hydrogen-bond acceptors (Lipinski definition) is 5. The van der Waals surface area contributed by atoms with Crippen LogP contribution in [0.5, 0.6) is 0 Å². The first kappa shape index (κ1) is 18.9. The van der Waals surface area contributed by atoms with Gasteiger partial charge in [-0.3, -0.25) is 4.79 Å². The number of carbonyl (C=O) groups is 2. The standard InChI is InChI=1S/C19H21ClN2O3S/c1-12(18(23)22-14-8-6-10-21-17(14)20)25-19(24)16-11-13-7-4-2-3-5-9-15(13)26-16/h6,8,10-12H,2-5,7,9H2,1H3,(H,22,23)/t12-/m1/s1. The third-order valence-corrected chi connectivity index (χ3v) is 5.89. The van der Waals surface area contributed by atoms with Crippen LogP contribution in [0.15, 0.2) is 24.4 Å². The summed E-state index contributed by atoms with van der Waals surface area (Å²) in [7, 11) is 0. The molecule has 26 heavy (non-hydrogen) atoms. The number of pyridine rings is 1. The van der Waals surface area contributed by atoms with Gasteiger partial charge in [-0.15, -0.1) is 11.3 Å². The van der Waals surface area contributed by atoms with Gasteiger partial charge in [-0.2, -0.15) is 0 Å². The number of carbonyl (C=O) groups excluding carboxylic acids is 2. The molecule has 1 N–H and O–H groups in total. The number of nitrogens with zero attached hydrogens (tertiary/aromatic N) is 1. The summed E-state index contributed by atoms with van der Waals surface area (Å²) in [5.74, 6) is -0.898. The van der Waals surface area contributed by atoms with Crippen molar-refractivity contribution < 1.29 is 14.3 Å². The molecule has 0 fully saturated rings. The molecular weight excluding hydrogens is 372 g/mol. The molecule has 0 saturated heterocycles.